The fourth-order valence-corrected chi connectivity index (χ4v) is 2.85. The zero-order chi connectivity index (χ0) is 20.2. The maximum absolute atomic E-state index is 5.39. The van der Waals surface area contributed by atoms with Gasteiger partial charge in [-0.25, -0.2) is 0 Å². The van der Waals surface area contributed by atoms with E-state index in [2.05, 4.69) is 32.6 Å². The molecule has 0 aromatic heterocycles. The lowest BCUT2D eigenvalue weighted by atomic mass is 10.1. The second-order valence-electron chi connectivity index (χ2n) is 8.25. The SMILES string of the molecule is CC(C)CCCN1CCCCC1.CC(C)CCOCCOCCOCCN. The number of piperidine rings is 1. The molecule has 1 aliphatic rings. The van der Waals surface area contributed by atoms with Crippen LogP contribution in [0.4, 0.5) is 0 Å². The summed E-state index contributed by atoms with van der Waals surface area (Å²) in [6.45, 7) is 17.6. The van der Waals surface area contributed by atoms with Crippen LogP contribution >= 0.6 is 0 Å². The Morgan fingerprint density at radius 3 is 1.74 bits per heavy atom. The lowest BCUT2D eigenvalue weighted by molar-refractivity contribution is 0.0142. The van der Waals surface area contributed by atoms with Gasteiger partial charge in [-0.05, 0) is 63.6 Å². The van der Waals surface area contributed by atoms with Gasteiger partial charge in [-0.15, -0.1) is 0 Å². The van der Waals surface area contributed by atoms with E-state index in [1.54, 1.807) is 0 Å². The third-order valence-electron chi connectivity index (χ3n) is 4.55. The first-order valence-corrected chi connectivity index (χ1v) is 11.2. The van der Waals surface area contributed by atoms with Gasteiger partial charge in [-0.2, -0.15) is 0 Å². The van der Waals surface area contributed by atoms with Gasteiger partial charge >= 0.3 is 0 Å². The minimum Gasteiger partial charge on any atom is -0.379 e. The van der Waals surface area contributed by atoms with E-state index in [9.17, 15) is 0 Å². The lowest BCUT2D eigenvalue weighted by Crippen LogP contribution is -2.30. The molecule has 0 unspecified atom stereocenters. The molecule has 5 nitrogen and oxygen atoms in total. The Hall–Kier alpha value is -0.200. The second-order valence-corrected chi connectivity index (χ2v) is 8.25. The van der Waals surface area contributed by atoms with Crippen LogP contribution in [0.25, 0.3) is 0 Å². The van der Waals surface area contributed by atoms with Crippen LogP contribution in [-0.4, -0.2) is 70.7 Å². The van der Waals surface area contributed by atoms with E-state index >= 15 is 0 Å². The van der Waals surface area contributed by atoms with Gasteiger partial charge in [-0.1, -0.05) is 34.1 Å². The highest BCUT2D eigenvalue weighted by Gasteiger charge is 2.08. The number of hydrogen-bond acceptors (Lipinski definition) is 5. The molecule has 0 aliphatic carbocycles. The molecular formula is C22H48N2O3. The Labute approximate surface area is 169 Å². The van der Waals surface area contributed by atoms with E-state index in [1.165, 1.54) is 51.7 Å². The predicted molar refractivity (Wildman–Crippen MR) is 115 cm³/mol. The largest absolute Gasteiger partial charge is 0.379 e. The Bertz CT molecular complexity index is 283. The number of rotatable bonds is 15. The third-order valence-corrected chi connectivity index (χ3v) is 4.55. The smallest absolute Gasteiger partial charge is 0.0701 e. The molecule has 0 saturated carbocycles. The van der Waals surface area contributed by atoms with E-state index in [1.807, 2.05) is 0 Å². The zero-order valence-electron chi connectivity index (χ0n) is 18.7. The molecule has 0 amide bonds. The zero-order valence-corrected chi connectivity index (χ0v) is 18.7. The van der Waals surface area contributed by atoms with Gasteiger partial charge in [0.2, 0.25) is 0 Å². The summed E-state index contributed by atoms with van der Waals surface area (Å²) >= 11 is 0. The van der Waals surface area contributed by atoms with E-state index in [0.717, 1.165) is 18.9 Å². The van der Waals surface area contributed by atoms with Crippen molar-refractivity contribution in [1.82, 2.24) is 4.90 Å². The number of hydrogen-bond donors (Lipinski definition) is 1. The van der Waals surface area contributed by atoms with Crippen molar-refractivity contribution < 1.29 is 14.2 Å². The van der Waals surface area contributed by atoms with Gasteiger partial charge < -0.3 is 24.8 Å². The summed E-state index contributed by atoms with van der Waals surface area (Å²) in [5.41, 5.74) is 5.26. The molecule has 0 bridgehead atoms. The van der Waals surface area contributed by atoms with Gasteiger partial charge in [0.15, 0.2) is 0 Å². The molecule has 0 atom stereocenters. The molecular weight excluding hydrogens is 340 g/mol. The van der Waals surface area contributed by atoms with Crippen LogP contribution in [0, 0.1) is 11.8 Å². The minimum absolute atomic E-state index is 0.568. The average molecular weight is 389 g/mol. The summed E-state index contributed by atoms with van der Waals surface area (Å²) in [6.07, 6.45) is 8.23. The molecule has 27 heavy (non-hydrogen) atoms. The topological polar surface area (TPSA) is 57.0 Å². The van der Waals surface area contributed by atoms with E-state index < -0.39 is 0 Å². The summed E-state index contributed by atoms with van der Waals surface area (Å²) in [5.74, 6) is 1.59. The van der Waals surface area contributed by atoms with Gasteiger partial charge in [0.25, 0.3) is 0 Å². The first-order valence-electron chi connectivity index (χ1n) is 11.2. The number of nitrogens with two attached hydrogens (primary N) is 1. The predicted octanol–water partition coefficient (Wildman–Crippen LogP) is 3.95. The monoisotopic (exact) mass is 388 g/mol. The van der Waals surface area contributed by atoms with E-state index in [4.69, 9.17) is 19.9 Å². The van der Waals surface area contributed by atoms with Crippen molar-refractivity contribution in [1.29, 1.82) is 0 Å². The van der Waals surface area contributed by atoms with Crippen LogP contribution in [0.15, 0.2) is 0 Å². The number of likely N-dealkylation sites (tertiary alicyclic amines) is 1. The Balaban J connectivity index is 0.000000511. The van der Waals surface area contributed by atoms with Crippen molar-refractivity contribution in [2.45, 2.75) is 66.2 Å². The standard InChI is InChI=1S/C11H25NO3.C11H23N/c1-11(2)3-5-13-7-9-15-10-8-14-6-4-12;1-11(2)7-6-10-12-8-4-3-5-9-12/h11H,3-10,12H2,1-2H3;11H,3-10H2,1-2H3. The summed E-state index contributed by atoms with van der Waals surface area (Å²) in [6, 6.07) is 0. The van der Waals surface area contributed by atoms with Crippen molar-refractivity contribution in [3.8, 4) is 0 Å². The molecule has 0 radical (unpaired) electrons. The number of nitrogens with zero attached hydrogens (tertiary/aromatic N) is 1. The van der Waals surface area contributed by atoms with Crippen LogP contribution in [0.2, 0.25) is 0 Å². The molecule has 1 saturated heterocycles. The van der Waals surface area contributed by atoms with Crippen molar-refractivity contribution >= 4 is 0 Å². The summed E-state index contributed by atoms with van der Waals surface area (Å²) < 4.78 is 15.8. The van der Waals surface area contributed by atoms with Crippen molar-refractivity contribution in [2.75, 3.05) is 65.8 Å². The highest BCUT2D eigenvalue weighted by molar-refractivity contribution is 4.64. The van der Waals surface area contributed by atoms with E-state index in [0.29, 0.717) is 45.5 Å². The van der Waals surface area contributed by atoms with Crippen LogP contribution < -0.4 is 5.73 Å². The highest BCUT2D eigenvalue weighted by Crippen LogP contribution is 2.11. The molecule has 1 fully saturated rings. The Morgan fingerprint density at radius 1 is 0.704 bits per heavy atom. The highest BCUT2D eigenvalue weighted by atomic mass is 16.5. The van der Waals surface area contributed by atoms with Crippen LogP contribution in [-0.2, 0) is 14.2 Å². The Kier molecular flexibility index (Phi) is 20.4. The van der Waals surface area contributed by atoms with Gasteiger partial charge in [0, 0.05) is 13.2 Å². The Morgan fingerprint density at radius 2 is 1.22 bits per heavy atom. The van der Waals surface area contributed by atoms with Crippen molar-refractivity contribution in [3.63, 3.8) is 0 Å². The molecule has 0 aromatic carbocycles. The quantitative estimate of drug-likeness (QED) is 0.431. The van der Waals surface area contributed by atoms with Gasteiger partial charge in [0.1, 0.15) is 0 Å². The molecule has 2 N–H and O–H groups in total. The maximum atomic E-state index is 5.39. The summed E-state index contributed by atoms with van der Waals surface area (Å²) in [7, 11) is 0. The molecule has 1 aliphatic heterocycles. The first kappa shape index (κ1) is 26.8. The minimum atomic E-state index is 0.568. The van der Waals surface area contributed by atoms with Gasteiger partial charge in [-0.3, -0.25) is 0 Å². The maximum Gasteiger partial charge on any atom is 0.0701 e. The van der Waals surface area contributed by atoms with Crippen LogP contribution in [0.5, 0.6) is 0 Å². The molecule has 0 aromatic rings. The molecule has 164 valence electrons. The molecule has 1 rings (SSSR count). The normalized spacial score (nSPS) is 15.2. The summed E-state index contributed by atoms with van der Waals surface area (Å²) in [5, 5.41) is 0. The summed E-state index contributed by atoms with van der Waals surface area (Å²) in [4.78, 5) is 2.63. The van der Waals surface area contributed by atoms with Crippen LogP contribution in [0.1, 0.15) is 66.2 Å². The van der Waals surface area contributed by atoms with Crippen molar-refractivity contribution in [3.05, 3.63) is 0 Å². The second kappa shape index (κ2) is 20.5. The molecule has 0 spiro atoms. The number of ether oxygens (including phenoxy) is 3. The van der Waals surface area contributed by atoms with E-state index in [-0.39, 0.29) is 0 Å². The first-order chi connectivity index (χ1) is 13.1. The molecule has 5 heteroatoms. The van der Waals surface area contributed by atoms with Gasteiger partial charge in [0.05, 0.1) is 33.0 Å². The molecule has 1 heterocycles. The fourth-order valence-electron chi connectivity index (χ4n) is 2.85. The third kappa shape index (κ3) is 22.0. The fraction of sp³-hybridized carbons (Fsp3) is 1.00. The van der Waals surface area contributed by atoms with Crippen LogP contribution in [0.3, 0.4) is 0 Å². The average Bonchev–Trinajstić information content (AvgIpc) is 2.64. The van der Waals surface area contributed by atoms with Crippen molar-refractivity contribution in [2.24, 2.45) is 17.6 Å². The lowest BCUT2D eigenvalue weighted by Gasteiger charge is -2.26.